The summed E-state index contributed by atoms with van der Waals surface area (Å²) in [4.78, 5) is 24.2. The molecular formula is C24H27FN4OS. The van der Waals surface area contributed by atoms with Gasteiger partial charge in [-0.25, -0.2) is 9.37 Å². The Morgan fingerprint density at radius 1 is 1.00 bits per heavy atom. The van der Waals surface area contributed by atoms with Crippen molar-refractivity contribution in [2.75, 3.05) is 49.1 Å². The maximum atomic E-state index is 14.0. The summed E-state index contributed by atoms with van der Waals surface area (Å²) < 4.78 is 14.8. The molecule has 2 aromatic carbocycles. The van der Waals surface area contributed by atoms with Crippen LogP contribution in [0, 0.1) is 18.7 Å². The number of hydrogen-bond donors (Lipinski definition) is 0. The number of nitrogens with zero attached hydrogens (tertiary/aromatic N) is 4. The van der Waals surface area contributed by atoms with Crippen molar-refractivity contribution < 1.29 is 9.18 Å². The predicted octanol–water partition coefficient (Wildman–Crippen LogP) is 4.31. The van der Waals surface area contributed by atoms with Crippen LogP contribution in [-0.4, -0.2) is 55.1 Å². The predicted molar refractivity (Wildman–Crippen MR) is 124 cm³/mol. The molecule has 2 aliphatic rings. The Hall–Kier alpha value is -2.67. The zero-order valence-corrected chi connectivity index (χ0v) is 18.6. The second-order valence-corrected chi connectivity index (χ2v) is 9.50. The van der Waals surface area contributed by atoms with Gasteiger partial charge in [-0.1, -0.05) is 29.5 Å². The molecule has 0 saturated carbocycles. The lowest BCUT2D eigenvalue weighted by Gasteiger charge is -2.39. The first-order chi connectivity index (χ1) is 15.1. The molecule has 2 aliphatic heterocycles. The van der Waals surface area contributed by atoms with E-state index >= 15 is 0 Å². The Bertz CT molecular complexity index is 1080. The largest absolute Gasteiger partial charge is 0.368 e. The van der Waals surface area contributed by atoms with Crippen LogP contribution in [0.4, 0.5) is 15.2 Å². The van der Waals surface area contributed by atoms with Gasteiger partial charge in [0.1, 0.15) is 11.3 Å². The van der Waals surface area contributed by atoms with Crippen LogP contribution in [0.1, 0.15) is 18.4 Å². The van der Waals surface area contributed by atoms with E-state index in [1.54, 1.807) is 6.07 Å². The standard InChI is InChI=1S/C24H27FN4OS/c1-17-4-2-5-19(16-17)27-12-14-28(15-13-27)23(30)18-8-10-29(11-9-18)24-26-22-20(25)6-3-7-21(22)31-24/h2-7,16,18H,8-15H2,1H3. The number of aryl methyl sites for hydroxylation is 1. The Morgan fingerprint density at radius 2 is 1.74 bits per heavy atom. The Morgan fingerprint density at radius 3 is 2.45 bits per heavy atom. The topological polar surface area (TPSA) is 39.7 Å². The van der Waals surface area contributed by atoms with E-state index in [1.165, 1.54) is 28.7 Å². The zero-order chi connectivity index (χ0) is 21.4. The number of aromatic nitrogens is 1. The summed E-state index contributed by atoms with van der Waals surface area (Å²) in [7, 11) is 0. The van der Waals surface area contributed by atoms with Crippen LogP contribution in [0.5, 0.6) is 0 Å². The number of carbonyl (C=O) groups is 1. The van der Waals surface area contributed by atoms with E-state index in [4.69, 9.17) is 0 Å². The van der Waals surface area contributed by atoms with Crippen LogP contribution in [0.25, 0.3) is 10.2 Å². The Balaban J connectivity index is 1.16. The molecule has 3 heterocycles. The molecule has 0 atom stereocenters. The Kier molecular flexibility index (Phi) is 5.52. The number of amides is 1. The average molecular weight is 439 g/mol. The van der Waals surface area contributed by atoms with Crippen molar-refractivity contribution in [1.82, 2.24) is 9.88 Å². The number of piperazine rings is 1. The molecule has 0 aliphatic carbocycles. The molecule has 0 unspecified atom stereocenters. The highest BCUT2D eigenvalue weighted by molar-refractivity contribution is 7.22. The van der Waals surface area contributed by atoms with Crippen molar-refractivity contribution in [2.45, 2.75) is 19.8 Å². The lowest BCUT2D eigenvalue weighted by molar-refractivity contribution is -0.136. The molecule has 162 valence electrons. The number of carbonyl (C=O) groups excluding carboxylic acids is 1. The number of rotatable bonds is 3. The van der Waals surface area contributed by atoms with Gasteiger partial charge in [-0.15, -0.1) is 0 Å². The highest BCUT2D eigenvalue weighted by atomic mass is 32.1. The molecular weight excluding hydrogens is 411 g/mol. The van der Waals surface area contributed by atoms with E-state index in [-0.39, 0.29) is 11.7 Å². The number of thiazole rings is 1. The zero-order valence-electron chi connectivity index (χ0n) is 17.8. The number of piperidine rings is 1. The molecule has 1 amide bonds. The van der Waals surface area contributed by atoms with Crippen LogP contribution in [0.3, 0.4) is 0 Å². The third kappa shape index (κ3) is 4.11. The van der Waals surface area contributed by atoms with Crippen LogP contribution in [0.15, 0.2) is 42.5 Å². The number of halogens is 1. The summed E-state index contributed by atoms with van der Waals surface area (Å²) >= 11 is 1.53. The molecule has 5 rings (SSSR count). The van der Waals surface area contributed by atoms with Crippen molar-refractivity contribution in [3.05, 3.63) is 53.8 Å². The summed E-state index contributed by atoms with van der Waals surface area (Å²) in [5, 5.41) is 0.859. The third-order valence-electron chi connectivity index (χ3n) is 6.43. The molecule has 3 aromatic rings. The number of hydrogen-bond acceptors (Lipinski definition) is 5. The third-order valence-corrected chi connectivity index (χ3v) is 7.51. The molecule has 1 aromatic heterocycles. The minimum atomic E-state index is -0.269. The summed E-state index contributed by atoms with van der Waals surface area (Å²) in [6.45, 7) is 7.02. The van der Waals surface area contributed by atoms with Crippen LogP contribution < -0.4 is 9.80 Å². The Labute approximate surface area is 186 Å². The van der Waals surface area contributed by atoms with Gasteiger partial charge in [0, 0.05) is 50.9 Å². The van der Waals surface area contributed by atoms with Crippen molar-refractivity contribution in [2.24, 2.45) is 5.92 Å². The minimum Gasteiger partial charge on any atom is -0.368 e. The summed E-state index contributed by atoms with van der Waals surface area (Å²) in [5.74, 6) is 0.0987. The van der Waals surface area contributed by atoms with Crippen LogP contribution >= 0.6 is 11.3 Å². The molecule has 2 saturated heterocycles. The normalized spacial score (nSPS) is 18.1. The molecule has 0 spiro atoms. The molecule has 0 N–H and O–H groups in total. The van der Waals surface area contributed by atoms with E-state index in [0.717, 1.165) is 61.9 Å². The highest BCUT2D eigenvalue weighted by Gasteiger charge is 2.31. The fraction of sp³-hybridized carbons (Fsp3) is 0.417. The van der Waals surface area contributed by atoms with Crippen molar-refractivity contribution >= 4 is 38.3 Å². The van der Waals surface area contributed by atoms with E-state index < -0.39 is 0 Å². The first kappa shape index (κ1) is 20.2. The highest BCUT2D eigenvalue weighted by Crippen LogP contribution is 2.33. The van der Waals surface area contributed by atoms with Gasteiger partial charge in [0.15, 0.2) is 5.13 Å². The summed E-state index contributed by atoms with van der Waals surface area (Å²) in [6, 6.07) is 13.6. The minimum absolute atomic E-state index is 0.0767. The maximum Gasteiger partial charge on any atom is 0.225 e. The average Bonchev–Trinajstić information content (AvgIpc) is 3.25. The quantitative estimate of drug-likeness (QED) is 0.611. The number of anilines is 2. The molecule has 5 nitrogen and oxygen atoms in total. The summed E-state index contributed by atoms with van der Waals surface area (Å²) in [6.07, 6.45) is 1.66. The van der Waals surface area contributed by atoms with Crippen LogP contribution in [-0.2, 0) is 4.79 Å². The first-order valence-electron chi connectivity index (χ1n) is 11.0. The van der Waals surface area contributed by atoms with Gasteiger partial charge < -0.3 is 14.7 Å². The van der Waals surface area contributed by atoms with E-state index in [0.29, 0.717) is 11.4 Å². The SMILES string of the molecule is Cc1cccc(N2CCN(C(=O)C3CCN(c4nc5c(F)cccc5s4)CC3)CC2)c1. The van der Waals surface area contributed by atoms with E-state index in [1.807, 2.05) is 11.0 Å². The maximum absolute atomic E-state index is 14.0. The van der Waals surface area contributed by atoms with Crippen molar-refractivity contribution in [3.8, 4) is 0 Å². The van der Waals surface area contributed by atoms with Crippen molar-refractivity contribution in [1.29, 1.82) is 0 Å². The lowest BCUT2D eigenvalue weighted by atomic mass is 9.95. The van der Waals surface area contributed by atoms with Gasteiger partial charge in [0.25, 0.3) is 0 Å². The second-order valence-electron chi connectivity index (χ2n) is 8.50. The number of para-hydroxylation sites is 1. The monoisotopic (exact) mass is 438 g/mol. The smallest absolute Gasteiger partial charge is 0.225 e. The number of fused-ring (bicyclic) bond motifs is 1. The number of benzene rings is 2. The van der Waals surface area contributed by atoms with Gasteiger partial charge in [-0.3, -0.25) is 4.79 Å². The molecule has 0 bridgehead atoms. The van der Waals surface area contributed by atoms with Gasteiger partial charge in [0.05, 0.1) is 4.70 Å². The van der Waals surface area contributed by atoms with Gasteiger partial charge in [0.2, 0.25) is 5.91 Å². The van der Waals surface area contributed by atoms with E-state index in [9.17, 15) is 9.18 Å². The molecule has 0 radical (unpaired) electrons. The van der Waals surface area contributed by atoms with Crippen LogP contribution in [0.2, 0.25) is 0 Å². The van der Waals surface area contributed by atoms with Gasteiger partial charge >= 0.3 is 0 Å². The molecule has 2 fully saturated rings. The second kappa shape index (κ2) is 8.46. The summed E-state index contributed by atoms with van der Waals surface area (Å²) in [5.41, 5.74) is 2.96. The van der Waals surface area contributed by atoms with Gasteiger partial charge in [-0.05, 0) is 49.6 Å². The fourth-order valence-electron chi connectivity index (χ4n) is 4.62. The fourth-order valence-corrected chi connectivity index (χ4v) is 5.66. The van der Waals surface area contributed by atoms with Gasteiger partial charge in [-0.2, -0.15) is 0 Å². The molecule has 7 heteroatoms. The first-order valence-corrected chi connectivity index (χ1v) is 11.8. The van der Waals surface area contributed by atoms with Crippen molar-refractivity contribution in [3.63, 3.8) is 0 Å². The lowest BCUT2D eigenvalue weighted by Crippen LogP contribution is -2.51. The van der Waals surface area contributed by atoms with E-state index in [2.05, 4.69) is 46.0 Å². The molecule has 31 heavy (non-hydrogen) atoms.